The fraction of sp³-hybridized carbons (Fsp3) is 0.440. The number of thioether (sulfide) groups is 1. The Hall–Kier alpha value is -2.31. The van der Waals surface area contributed by atoms with Crippen molar-refractivity contribution in [2.75, 3.05) is 5.75 Å². The van der Waals surface area contributed by atoms with E-state index < -0.39 is 0 Å². The van der Waals surface area contributed by atoms with E-state index in [1.54, 1.807) is 16.3 Å². The molecular weight excluding hydrogens is 406 g/mol. The van der Waals surface area contributed by atoms with Crippen molar-refractivity contribution in [3.63, 3.8) is 0 Å². The summed E-state index contributed by atoms with van der Waals surface area (Å²) in [4.78, 5) is 4.56. The molecule has 0 saturated heterocycles. The minimum Gasteiger partial charge on any atom is -0.494 e. The van der Waals surface area contributed by atoms with Crippen LogP contribution in [-0.4, -0.2) is 31.6 Å². The quantitative estimate of drug-likeness (QED) is 0.226. The highest BCUT2D eigenvalue weighted by Gasteiger charge is 2.56. The summed E-state index contributed by atoms with van der Waals surface area (Å²) in [6.45, 7) is 0.641. The average molecular weight is 436 g/mol. The normalized spacial score (nSPS) is 26.2. The van der Waals surface area contributed by atoms with E-state index in [-0.39, 0.29) is 17.8 Å². The Morgan fingerprint density at radius 1 is 1.06 bits per heavy atom. The number of aromatic amines is 1. The number of aromatic hydroxyl groups is 2. The number of fused-ring (bicyclic) bond motifs is 1. The summed E-state index contributed by atoms with van der Waals surface area (Å²) in [5, 5.41) is 22.9. The molecule has 2 heterocycles. The van der Waals surface area contributed by atoms with Crippen molar-refractivity contribution in [2.45, 2.75) is 55.0 Å². The third-order valence-electron chi connectivity index (χ3n) is 7.50. The second-order valence-electron chi connectivity index (χ2n) is 9.39. The van der Waals surface area contributed by atoms with Gasteiger partial charge in [-0.05, 0) is 37.2 Å². The maximum absolute atomic E-state index is 10.8. The molecular formula is C25H29N3O2S. The first-order chi connectivity index (χ1) is 15.1. The lowest BCUT2D eigenvalue weighted by Crippen LogP contribution is -2.22. The van der Waals surface area contributed by atoms with E-state index >= 15 is 0 Å². The van der Waals surface area contributed by atoms with Crippen LogP contribution in [0.25, 0.3) is 10.9 Å². The number of rotatable bonds is 8. The van der Waals surface area contributed by atoms with Crippen LogP contribution in [0.3, 0.4) is 0 Å². The van der Waals surface area contributed by atoms with Gasteiger partial charge in [0.05, 0.1) is 0 Å². The highest BCUT2D eigenvalue weighted by Crippen LogP contribution is 2.67. The fourth-order valence-corrected chi connectivity index (χ4v) is 6.87. The van der Waals surface area contributed by atoms with Crippen LogP contribution in [0.1, 0.15) is 48.6 Å². The predicted octanol–water partition coefficient (Wildman–Crippen LogP) is 5.06. The van der Waals surface area contributed by atoms with Gasteiger partial charge in [0.2, 0.25) is 0 Å². The molecule has 6 heteroatoms. The molecule has 5 nitrogen and oxygen atoms in total. The lowest BCUT2D eigenvalue weighted by molar-refractivity contribution is 0.358. The average Bonchev–Trinajstić information content (AvgIpc) is 3.46. The second kappa shape index (κ2) is 7.38. The summed E-state index contributed by atoms with van der Waals surface area (Å²) < 4.78 is 1.73. The molecule has 0 spiro atoms. The van der Waals surface area contributed by atoms with Crippen molar-refractivity contribution < 1.29 is 10.2 Å². The highest BCUT2D eigenvalue weighted by atomic mass is 32.2. The third kappa shape index (κ3) is 3.11. The number of nitrogens with one attached hydrogen (secondary N) is 1. The molecule has 1 aromatic carbocycles. The largest absolute Gasteiger partial charge is 0.494 e. The number of aromatic nitrogens is 2. The lowest BCUT2D eigenvalue weighted by atomic mass is 9.73. The lowest BCUT2D eigenvalue weighted by Gasteiger charge is -2.30. The summed E-state index contributed by atoms with van der Waals surface area (Å²) >= 11 is 1.81. The first kappa shape index (κ1) is 19.4. The minimum absolute atomic E-state index is 0.130. The number of unbranched alkanes of at least 4 members (excludes halogenated alkanes) is 1. The topological polar surface area (TPSA) is 87.2 Å². The van der Waals surface area contributed by atoms with E-state index in [9.17, 15) is 10.2 Å². The molecule has 5 unspecified atom stereocenters. The first-order valence-electron chi connectivity index (χ1n) is 11.4. The van der Waals surface area contributed by atoms with Crippen LogP contribution in [0.2, 0.25) is 0 Å². The van der Waals surface area contributed by atoms with Crippen LogP contribution in [-0.2, 0) is 6.54 Å². The van der Waals surface area contributed by atoms with Crippen molar-refractivity contribution >= 4 is 22.7 Å². The summed E-state index contributed by atoms with van der Waals surface area (Å²) in [6, 6.07) is 8.47. The first-order valence-corrected chi connectivity index (χ1v) is 12.4. The Bertz CT molecular complexity index is 1120. The monoisotopic (exact) mass is 435 g/mol. The number of allylic oxidation sites excluding steroid dienone is 2. The van der Waals surface area contributed by atoms with Crippen LogP contribution in [0.4, 0.5) is 0 Å². The number of hydrogen-bond donors (Lipinski definition) is 4. The van der Waals surface area contributed by atoms with Gasteiger partial charge < -0.3 is 20.9 Å². The molecule has 162 valence electrons. The Labute approximate surface area is 186 Å². The molecule has 0 radical (unpaired) electrons. The summed E-state index contributed by atoms with van der Waals surface area (Å²) in [6.07, 6.45) is 10.6. The molecule has 7 rings (SSSR count). The van der Waals surface area contributed by atoms with Crippen LogP contribution >= 0.6 is 11.8 Å². The number of para-hydroxylation sites is 1. The summed E-state index contributed by atoms with van der Waals surface area (Å²) in [5.74, 6) is 3.41. The third-order valence-corrected chi connectivity index (χ3v) is 8.74. The van der Waals surface area contributed by atoms with Gasteiger partial charge in [-0.15, -0.1) is 11.8 Å². The van der Waals surface area contributed by atoms with E-state index in [1.165, 1.54) is 16.7 Å². The highest BCUT2D eigenvalue weighted by molar-refractivity contribution is 7.99. The van der Waals surface area contributed by atoms with E-state index in [0.717, 1.165) is 41.7 Å². The molecule has 1 saturated carbocycles. The smallest absolute Gasteiger partial charge is 0.198 e. The van der Waals surface area contributed by atoms with Crippen molar-refractivity contribution in [2.24, 2.45) is 17.6 Å². The van der Waals surface area contributed by atoms with Gasteiger partial charge in [-0.3, -0.25) is 4.57 Å². The van der Waals surface area contributed by atoms with Crippen LogP contribution in [0.15, 0.2) is 47.5 Å². The molecule has 5 N–H and O–H groups in total. The number of nitrogens with two attached hydrogens (primary N) is 1. The van der Waals surface area contributed by atoms with Crippen LogP contribution < -0.4 is 5.73 Å². The van der Waals surface area contributed by atoms with Crippen molar-refractivity contribution in [1.29, 1.82) is 0 Å². The number of H-pyrrole nitrogens is 1. The van der Waals surface area contributed by atoms with Gasteiger partial charge in [0.15, 0.2) is 11.8 Å². The summed E-state index contributed by atoms with van der Waals surface area (Å²) in [5.41, 5.74) is 9.53. The van der Waals surface area contributed by atoms with Gasteiger partial charge in [-0.2, -0.15) is 0 Å². The van der Waals surface area contributed by atoms with Gasteiger partial charge >= 0.3 is 0 Å². The molecule has 4 aliphatic carbocycles. The maximum atomic E-state index is 10.8. The molecule has 0 amide bonds. The molecule has 1 fully saturated rings. The van der Waals surface area contributed by atoms with E-state index in [1.807, 2.05) is 6.07 Å². The number of hydrogen-bond acceptors (Lipinski definition) is 4. The molecule has 4 aliphatic rings. The zero-order valence-electron chi connectivity index (χ0n) is 17.5. The van der Waals surface area contributed by atoms with E-state index in [0.29, 0.717) is 30.2 Å². The van der Waals surface area contributed by atoms with Gasteiger partial charge in [-0.1, -0.05) is 36.8 Å². The standard InChI is InChI=1S/C25H29N3O2S/c26-14(13-31-21-12-27-20-7-2-1-6-17(20)21)5-3-4-10-28-24(29)22-15-8-9-16(19-11-18(15)19)23(22)25(28)30/h1-2,6-9,12,14-16,18-19,27,29-30H,3-5,10-11,13,26H2. The van der Waals surface area contributed by atoms with Crippen LogP contribution in [0, 0.1) is 11.8 Å². The molecule has 31 heavy (non-hydrogen) atoms. The number of nitrogens with zero attached hydrogens (tertiary/aromatic N) is 1. The SMILES string of the molecule is NC(CCCCn1c(O)c2c(c1O)C1C=CC2C2CC12)CSc1c[nH]c2ccccc12. The van der Waals surface area contributed by atoms with E-state index in [2.05, 4.69) is 41.5 Å². The molecule has 5 atom stereocenters. The zero-order chi connectivity index (χ0) is 21.1. The Morgan fingerprint density at radius 3 is 2.52 bits per heavy atom. The van der Waals surface area contributed by atoms with Crippen LogP contribution in [0.5, 0.6) is 11.8 Å². The second-order valence-corrected chi connectivity index (χ2v) is 10.5. The molecule has 0 aliphatic heterocycles. The van der Waals surface area contributed by atoms with Crippen molar-refractivity contribution in [1.82, 2.24) is 9.55 Å². The fourth-order valence-electron chi connectivity index (χ4n) is 5.83. The Balaban J connectivity index is 1.03. The van der Waals surface area contributed by atoms with Gasteiger partial charge in [-0.25, -0.2) is 0 Å². The zero-order valence-corrected chi connectivity index (χ0v) is 18.3. The van der Waals surface area contributed by atoms with Crippen molar-refractivity contribution in [3.05, 3.63) is 53.7 Å². The predicted molar refractivity (Wildman–Crippen MR) is 125 cm³/mol. The van der Waals surface area contributed by atoms with Crippen molar-refractivity contribution in [3.8, 4) is 11.8 Å². The summed E-state index contributed by atoms with van der Waals surface area (Å²) in [7, 11) is 0. The van der Waals surface area contributed by atoms with E-state index in [4.69, 9.17) is 5.73 Å². The minimum atomic E-state index is 0.130. The van der Waals surface area contributed by atoms with Gasteiger partial charge in [0.25, 0.3) is 0 Å². The Morgan fingerprint density at radius 2 is 1.77 bits per heavy atom. The Kier molecular flexibility index (Phi) is 4.62. The molecule has 2 bridgehead atoms. The number of benzene rings is 1. The molecule has 2 aromatic heterocycles. The maximum Gasteiger partial charge on any atom is 0.198 e. The van der Waals surface area contributed by atoms with Gasteiger partial charge in [0, 0.05) is 63.3 Å². The molecule has 3 aromatic rings. The van der Waals surface area contributed by atoms with Gasteiger partial charge in [0.1, 0.15) is 0 Å².